The van der Waals surface area contributed by atoms with E-state index < -0.39 is 10.0 Å². The molecule has 1 aliphatic rings. The van der Waals surface area contributed by atoms with Crippen molar-refractivity contribution in [1.29, 1.82) is 0 Å². The van der Waals surface area contributed by atoms with E-state index in [4.69, 9.17) is 0 Å². The van der Waals surface area contributed by atoms with Crippen LogP contribution in [0.5, 0.6) is 0 Å². The van der Waals surface area contributed by atoms with Crippen LogP contribution in [0.25, 0.3) is 21.7 Å². The number of aromatic amines is 1. The largest absolute Gasteiger partial charge is 0.321 e. The Labute approximate surface area is 151 Å². The van der Waals surface area contributed by atoms with Crippen LogP contribution in [-0.4, -0.2) is 44.5 Å². The number of hydrogen-bond donors (Lipinski definition) is 2. The molecule has 3 aromatic rings. The van der Waals surface area contributed by atoms with Crippen LogP contribution in [0.2, 0.25) is 0 Å². The molecule has 2 aromatic carbocycles. The molecule has 0 amide bonds. The molecule has 0 spiro atoms. The molecular weight excluding hydrogens is 350 g/mol. The lowest BCUT2D eigenvalue weighted by Gasteiger charge is -2.15. The maximum atomic E-state index is 12.7. The summed E-state index contributed by atoms with van der Waals surface area (Å²) in [6.45, 7) is 3.20. The van der Waals surface area contributed by atoms with E-state index in [1.165, 1.54) is 18.9 Å². The minimum Gasteiger partial charge on any atom is -0.321 e. The zero-order chi connectivity index (χ0) is 18.1. The van der Waals surface area contributed by atoms with Gasteiger partial charge in [0.2, 0.25) is 10.0 Å². The third-order valence-electron chi connectivity index (χ3n) is 4.93. The molecule has 0 atom stereocenters. The van der Waals surface area contributed by atoms with E-state index in [2.05, 4.69) is 14.6 Å². The van der Waals surface area contributed by atoms with Gasteiger partial charge in [0.15, 0.2) is 0 Å². The monoisotopic (exact) mass is 371 g/mol. The molecule has 2 N–H and O–H groups in total. The van der Waals surface area contributed by atoms with Crippen molar-refractivity contribution in [3.05, 3.63) is 52.8 Å². The highest BCUT2D eigenvalue weighted by Crippen LogP contribution is 2.24. The van der Waals surface area contributed by atoms with E-state index in [-0.39, 0.29) is 10.5 Å². The molecule has 2 heterocycles. The van der Waals surface area contributed by atoms with Crippen molar-refractivity contribution in [1.82, 2.24) is 14.6 Å². The number of sulfonamides is 1. The molecule has 1 saturated heterocycles. The summed E-state index contributed by atoms with van der Waals surface area (Å²) in [6.07, 6.45) is 2.37. The number of likely N-dealkylation sites (tertiary alicyclic amines) is 1. The SMILES string of the molecule is O=c1[nH]c2ccc(S(=O)(=O)NCCN3CCCC3)cc2c2ccccc12. The highest BCUT2D eigenvalue weighted by atomic mass is 32.2. The van der Waals surface area contributed by atoms with Gasteiger partial charge in [0.1, 0.15) is 0 Å². The quantitative estimate of drug-likeness (QED) is 0.673. The standard InChI is InChI=1S/C19H21N3O3S/c23-19-16-6-2-1-5-15(16)17-13-14(7-8-18(17)21-19)26(24,25)20-9-12-22-10-3-4-11-22/h1-2,5-8,13,20H,3-4,9-12H2,(H,21,23). The van der Waals surface area contributed by atoms with Gasteiger partial charge in [0.25, 0.3) is 5.56 Å². The Morgan fingerprint density at radius 3 is 2.50 bits per heavy atom. The van der Waals surface area contributed by atoms with Gasteiger partial charge in [-0.25, -0.2) is 13.1 Å². The number of H-pyrrole nitrogens is 1. The molecule has 1 aromatic heterocycles. The van der Waals surface area contributed by atoms with Gasteiger partial charge >= 0.3 is 0 Å². The Morgan fingerprint density at radius 1 is 1.00 bits per heavy atom. The molecule has 0 saturated carbocycles. The first-order chi connectivity index (χ1) is 12.5. The first-order valence-electron chi connectivity index (χ1n) is 8.81. The van der Waals surface area contributed by atoms with Crippen molar-refractivity contribution in [2.24, 2.45) is 0 Å². The van der Waals surface area contributed by atoms with Crippen molar-refractivity contribution in [2.75, 3.05) is 26.2 Å². The fourth-order valence-electron chi connectivity index (χ4n) is 3.56. The third-order valence-corrected chi connectivity index (χ3v) is 6.39. The highest BCUT2D eigenvalue weighted by Gasteiger charge is 2.17. The van der Waals surface area contributed by atoms with Crippen LogP contribution in [0.1, 0.15) is 12.8 Å². The molecular formula is C19H21N3O3S. The van der Waals surface area contributed by atoms with E-state index >= 15 is 0 Å². The van der Waals surface area contributed by atoms with Crippen LogP contribution in [0.3, 0.4) is 0 Å². The normalized spacial score (nSPS) is 15.8. The second-order valence-electron chi connectivity index (χ2n) is 6.65. The van der Waals surface area contributed by atoms with Gasteiger partial charge in [-0.1, -0.05) is 18.2 Å². The van der Waals surface area contributed by atoms with Gasteiger partial charge in [-0.05, 0) is 55.6 Å². The highest BCUT2D eigenvalue weighted by molar-refractivity contribution is 7.89. The van der Waals surface area contributed by atoms with Crippen LogP contribution in [0.15, 0.2) is 52.2 Å². The molecule has 136 valence electrons. The minimum atomic E-state index is -3.59. The van der Waals surface area contributed by atoms with E-state index in [1.807, 2.05) is 12.1 Å². The smallest absolute Gasteiger partial charge is 0.256 e. The molecule has 0 bridgehead atoms. The second-order valence-corrected chi connectivity index (χ2v) is 8.42. The van der Waals surface area contributed by atoms with E-state index in [0.717, 1.165) is 30.4 Å². The van der Waals surface area contributed by atoms with E-state index in [9.17, 15) is 13.2 Å². The number of nitrogens with zero attached hydrogens (tertiary/aromatic N) is 1. The van der Waals surface area contributed by atoms with E-state index in [0.29, 0.717) is 17.4 Å². The maximum Gasteiger partial charge on any atom is 0.256 e. The molecule has 7 heteroatoms. The van der Waals surface area contributed by atoms with Crippen LogP contribution in [0.4, 0.5) is 0 Å². The Kier molecular flexibility index (Phi) is 4.52. The topological polar surface area (TPSA) is 82.3 Å². The molecule has 4 rings (SSSR count). The lowest BCUT2D eigenvalue weighted by Crippen LogP contribution is -2.33. The van der Waals surface area contributed by atoms with E-state index in [1.54, 1.807) is 24.3 Å². The van der Waals surface area contributed by atoms with Crippen molar-refractivity contribution in [3.63, 3.8) is 0 Å². The molecule has 0 aliphatic carbocycles. The van der Waals surface area contributed by atoms with Gasteiger partial charge in [0.05, 0.1) is 4.90 Å². The molecule has 0 unspecified atom stereocenters. The Bertz CT molecular complexity index is 1120. The van der Waals surface area contributed by atoms with Crippen molar-refractivity contribution in [2.45, 2.75) is 17.7 Å². The number of benzene rings is 2. The van der Waals surface area contributed by atoms with Crippen LogP contribution < -0.4 is 10.3 Å². The number of hydrogen-bond acceptors (Lipinski definition) is 4. The predicted octanol–water partition coefficient (Wildman–Crippen LogP) is 2.06. The molecule has 0 radical (unpaired) electrons. The van der Waals surface area contributed by atoms with Gasteiger partial charge in [0, 0.05) is 29.4 Å². The predicted molar refractivity (Wildman–Crippen MR) is 103 cm³/mol. The average molecular weight is 371 g/mol. The second kappa shape index (κ2) is 6.83. The molecule has 1 aliphatic heterocycles. The fourth-order valence-corrected chi connectivity index (χ4v) is 4.60. The minimum absolute atomic E-state index is 0.174. The number of rotatable bonds is 5. The number of pyridine rings is 1. The lowest BCUT2D eigenvalue weighted by atomic mass is 10.1. The van der Waals surface area contributed by atoms with Gasteiger partial charge in [-0.3, -0.25) is 4.79 Å². The summed E-state index contributed by atoms with van der Waals surface area (Å²) in [4.78, 5) is 17.4. The summed E-state index contributed by atoms with van der Waals surface area (Å²) in [7, 11) is -3.59. The maximum absolute atomic E-state index is 12.7. The summed E-state index contributed by atoms with van der Waals surface area (Å²) >= 11 is 0. The number of nitrogens with one attached hydrogen (secondary N) is 2. The Balaban J connectivity index is 1.66. The van der Waals surface area contributed by atoms with Gasteiger partial charge in [-0.15, -0.1) is 0 Å². The number of fused-ring (bicyclic) bond motifs is 3. The average Bonchev–Trinajstić information content (AvgIpc) is 3.15. The summed E-state index contributed by atoms with van der Waals surface area (Å²) < 4.78 is 28.0. The molecule has 26 heavy (non-hydrogen) atoms. The summed E-state index contributed by atoms with van der Waals surface area (Å²) in [5.74, 6) is 0. The zero-order valence-corrected chi connectivity index (χ0v) is 15.2. The van der Waals surface area contributed by atoms with Gasteiger partial charge < -0.3 is 9.88 Å². The summed E-state index contributed by atoms with van der Waals surface area (Å²) in [6, 6.07) is 12.0. The molecule has 1 fully saturated rings. The number of aromatic nitrogens is 1. The third kappa shape index (κ3) is 3.25. The first kappa shape index (κ1) is 17.2. The fraction of sp³-hybridized carbons (Fsp3) is 0.316. The van der Waals surface area contributed by atoms with Crippen LogP contribution in [-0.2, 0) is 10.0 Å². The summed E-state index contributed by atoms with van der Waals surface area (Å²) in [5.41, 5.74) is 0.456. The Morgan fingerprint density at radius 2 is 1.73 bits per heavy atom. The van der Waals surface area contributed by atoms with Crippen molar-refractivity contribution < 1.29 is 8.42 Å². The van der Waals surface area contributed by atoms with Crippen molar-refractivity contribution >= 4 is 31.7 Å². The van der Waals surface area contributed by atoms with Gasteiger partial charge in [-0.2, -0.15) is 0 Å². The van der Waals surface area contributed by atoms with Crippen molar-refractivity contribution in [3.8, 4) is 0 Å². The molecule has 6 nitrogen and oxygen atoms in total. The Hall–Kier alpha value is -2.22. The summed E-state index contributed by atoms with van der Waals surface area (Å²) in [5, 5.41) is 2.03. The van der Waals surface area contributed by atoms with Crippen LogP contribution >= 0.6 is 0 Å². The lowest BCUT2D eigenvalue weighted by molar-refractivity contribution is 0.344. The van der Waals surface area contributed by atoms with Crippen LogP contribution in [0, 0.1) is 0 Å². The first-order valence-corrected chi connectivity index (χ1v) is 10.3. The zero-order valence-electron chi connectivity index (χ0n) is 14.4.